The second-order valence-corrected chi connectivity index (χ2v) is 3.57. The molecule has 16 heavy (non-hydrogen) atoms. The summed E-state index contributed by atoms with van der Waals surface area (Å²) >= 11 is 5.91. The van der Waals surface area contributed by atoms with E-state index in [0.717, 1.165) is 5.56 Å². The van der Waals surface area contributed by atoms with Crippen LogP contribution in [0.2, 0.25) is 5.15 Å². The van der Waals surface area contributed by atoms with Gasteiger partial charge in [-0.25, -0.2) is 14.5 Å². The van der Waals surface area contributed by atoms with Crippen LogP contribution in [0.3, 0.4) is 0 Å². The number of carboxylic acid groups (broad SMARTS) is 1. The maximum atomic E-state index is 10.8. The summed E-state index contributed by atoms with van der Waals surface area (Å²) in [6.45, 7) is 1.85. The number of hydrogen-bond donors (Lipinski definition) is 1. The number of aryl methyl sites for hydroxylation is 1. The highest BCUT2D eigenvalue weighted by Crippen LogP contribution is 2.20. The summed E-state index contributed by atoms with van der Waals surface area (Å²) in [4.78, 5) is 14.9. The van der Waals surface area contributed by atoms with Crippen LogP contribution < -0.4 is 0 Å². The van der Waals surface area contributed by atoms with Gasteiger partial charge in [-0.05, 0) is 18.6 Å². The molecule has 0 amide bonds. The number of carboxylic acids is 1. The van der Waals surface area contributed by atoms with Crippen LogP contribution in [-0.4, -0.2) is 25.8 Å². The Bertz CT molecular complexity index is 551. The summed E-state index contributed by atoms with van der Waals surface area (Å²) in [5.74, 6) is -0.579. The Morgan fingerprint density at radius 2 is 2.31 bits per heavy atom. The van der Waals surface area contributed by atoms with Gasteiger partial charge in [0.25, 0.3) is 0 Å². The minimum atomic E-state index is -1.11. The van der Waals surface area contributed by atoms with Gasteiger partial charge in [-0.15, -0.1) is 0 Å². The molecular formula is C10H8ClN3O2. The lowest BCUT2D eigenvalue weighted by Gasteiger charge is -2.04. The van der Waals surface area contributed by atoms with E-state index in [4.69, 9.17) is 16.7 Å². The van der Waals surface area contributed by atoms with E-state index in [1.807, 2.05) is 13.0 Å². The number of pyridine rings is 1. The zero-order chi connectivity index (χ0) is 11.7. The van der Waals surface area contributed by atoms with Gasteiger partial charge in [0.1, 0.15) is 10.7 Å². The Morgan fingerprint density at radius 1 is 1.56 bits per heavy atom. The molecule has 0 spiro atoms. The van der Waals surface area contributed by atoms with Crippen LogP contribution in [0, 0.1) is 6.92 Å². The number of nitrogens with zero attached hydrogens (tertiary/aromatic N) is 3. The summed E-state index contributed by atoms with van der Waals surface area (Å²) in [6.07, 6.45) is 2.81. The van der Waals surface area contributed by atoms with Crippen LogP contribution in [0.15, 0.2) is 24.5 Å². The zero-order valence-corrected chi connectivity index (χ0v) is 9.14. The first kappa shape index (κ1) is 10.6. The molecule has 82 valence electrons. The molecule has 0 atom stereocenters. The Kier molecular flexibility index (Phi) is 2.62. The fourth-order valence-corrected chi connectivity index (χ4v) is 1.58. The van der Waals surface area contributed by atoms with Crippen LogP contribution in [0.5, 0.6) is 0 Å². The summed E-state index contributed by atoms with van der Waals surface area (Å²) in [5, 5.41) is 12.8. The first-order valence-electron chi connectivity index (χ1n) is 4.50. The number of hydrogen-bond acceptors (Lipinski definition) is 3. The van der Waals surface area contributed by atoms with Crippen LogP contribution in [0.25, 0.3) is 5.82 Å². The molecule has 0 bridgehead atoms. The average molecular weight is 238 g/mol. The van der Waals surface area contributed by atoms with Crippen LogP contribution in [-0.2, 0) is 0 Å². The number of rotatable bonds is 2. The summed E-state index contributed by atoms with van der Waals surface area (Å²) in [5.41, 5.74) is 0.830. The van der Waals surface area contributed by atoms with E-state index in [2.05, 4.69) is 10.1 Å². The first-order chi connectivity index (χ1) is 7.61. The van der Waals surface area contributed by atoms with Crippen molar-refractivity contribution >= 4 is 17.6 Å². The summed E-state index contributed by atoms with van der Waals surface area (Å²) in [7, 11) is 0. The third-order valence-corrected chi connectivity index (χ3v) is 2.49. The SMILES string of the molecule is Cc1cccnc1-n1ncc(C(=O)O)c1Cl. The van der Waals surface area contributed by atoms with Crippen molar-refractivity contribution in [1.29, 1.82) is 0 Å². The summed E-state index contributed by atoms with van der Waals surface area (Å²) in [6, 6.07) is 3.63. The molecule has 0 aromatic carbocycles. The zero-order valence-electron chi connectivity index (χ0n) is 8.38. The lowest BCUT2D eigenvalue weighted by atomic mass is 10.3. The van der Waals surface area contributed by atoms with E-state index in [-0.39, 0.29) is 10.7 Å². The highest BCUT2D eigenvalue weighted by Gasteiger charge is 2.17. The van der Waals surface area contributed by atoms with Gasteiger partial charge in [0.05, 0.1) is 6.20 Å². The summed E-state index contributed by atoms with van der Waals surface area (Å²) < 4.78 is 1.31. The van der Waals surface area contributed by atoms with Gasteiger partial charge in [0.2, 0.25) is 0 Å². The number of halogens is 1. The molecule has 0 unspecified atom stereocenters. The highest BCUT2D eigenvalue weighted by atomic mass is 35.5. The molecule has 2 rings (SSSR count). The average Bonchev–Trinajstić information content (AvgIpc) is 2.61. The van der Waals surface area contributed by atoms with Crippen molar-refractivity contribution < 1.29 is 9.90 Å². The molecule has 1 N–H and O–H groups in total. The molecule has 2 aromatic rings. The quantitative estimate of drug-likeness (QED) is 0.867. The van der Waals surface area contributed by atoms with Gasteiger partial charge in [-0.1, -0.05) is 17.7 Å². The minimum Gasteiger partial charge on any atom is -0.478 e. The second-order valence-electron chi connectivity index (χ2n) is 3.21. The predicted molar refractivity (Wildman–Crippen MR) is 58.1 cm³/mol. The fourth-order valence-electron chi connectivity index (χ4n) is 1.32. The Morgan fingerprint density at radius 3 is 2.88 bits per heavy atom. The van der Waals surface area contributed by atoms with Gasteiger partial charge in [0, 0.05) is 6.20 Å². The molecule has 0 aliphatic carbocycles. The number of aromatic carboxylic acids is 1. The van der Waals surface area contributed by atoms with Crippen LogP contribution in [0.1, 0.15) is 15.9 Å². The van der Waals surface area contributed by atoms with Gasteiger partial charge in [-0.3, -0.25) is 0 Å². The molecule has 0 radical (unpaired) electrons. The van der Waals surface area contributed by atoms with Crippen molar-refractivity contribution in [3.8, 4) is 5.82 Å². The Labute approximate surface area is 96.3 Å². The smallest absolute Gasteiger partial charge is 0.340 e. The van der Waals surface area contributed by atoms with E-state index >= 15 is 0 Å². The number of aromatic nitrogens is 3. The topological polar surface area (TPSA) is 68.0 Å². The van der Waals surface area contributed by atoms with Gasteiger partial charge in [0.15, 0.2) is 5.82 Å². The molecule has 0 saturated carbocycles. The maximum Gasteiger partial charge on any atom is 0.340 e. The molecule has 6 heteroatoms. The molecule has 2 aromatic heterocycles. The van der Waals surface area contributed by atoms with E-state index in [1.165, 1.54) is 10.9 Å². The molecule has 0 fully saturated rings. The van der Waals surface area contributed by atoms with Crippen molar-refractivity contribution in [2.24, 2.45) is 0 Å². The van der Waals surface area contributed by atoms with Crippen molar-refractivity contribution in [2.75, 3.05) is 0 Å². The van der Waals surface area contributed by atoms with Crippen molar-refractivity contribution in [3.05, 3.63) is 40.8 Å². The largest absolute Gasteiger partial charge is 0.478 e. The normalized spacial score (nSPS) is 10.4. The second kappa shape index (κ2) is 3.94. The van der Waals surface area contributed by atoms with Gasteiger partial charge >= 0.3 is 5.97 Å². The molecule has 2 heterocycles. The van der Waals surface area contributed by atoms with Crippen molar-refractivity contribution in [1.82, 2.24) is 14.8 Å². The molecule has 5 nitrogen and oxygen atoms in total. The fraction of sp³-hybridized carbons (Fsp3) is 0.100. The highest BCUT2D eigenvalue weighted by molar-refractivity contribution is 6.32. The van der Waals surface area contributed by atoms with Crippen LogP contribution in [0.4, 0.5) is 0 Å². The molecular weight excluding hydrogens is 230 g/mol. The standard InChI is InChI=1S/C10H8ClN3O2/c1-6-3-2-4-12-9(6)14-8(11)7(5-13-14)10(15)16/h2-5H,1H3,(H,15,16). The van der Waals surface area contributed by atoms with E-state index < -0.39 is 5.97 Å². The van der Waals surface area contributed by atoms with Crippen molar-refractivity contribution in [2.45, 2.75) is 6.92 Å². The third kappa shape index (κ3) is 1.65. The minimum absolute atomic E-state index is 0.0354. The van der Waals surface area contributed by atoms with Crippen molar-refractivity contribution in [3.63, 3.8) is 0 Å². The maximum absolute atomic E-state index is 10.8. The lowest BCUT2D eigenvalue weighted by Crippen LogP contribution is -2.03. The Hall–Kier alpha value is -1.88. The molecule has 0 aliphatic heterocycles. The van der Waals surface area contributed by atoms with Gasteiger partial charge in [-0.2, -0.15) is 5.10 Å². The third-order valence-electron chi connectivity index (χ3n) is 2.12. The predicted octanol–water partition coefficient (Wildman–Crippen LogP) is 1.93. The lowest BCUT2D eigenvalue weighted by molar-refractivity contribution is 0.0697. The first-order valence-corrected chi connectivity index (χ1v) is 4.88. The number of carbonyl (C=O) groups is 1. The van der Waals surface area contributed by atoms with E-state index in [1.54, 1.807) is 12.3 Å². The monoisotopic (exact) mass is 237 g/mol. The van der Waals surface area contributed by atoms with E-state index in [9.17, 15) is 4.79 Å². The molecule has 0 saturated heterocycles. The van der Waals surface area contributed by atoms with Gasteiger partial charge < -0.3 is 5.11 Å². The van der Waals surface area contributed by atoms with Crippen LogP contribution >= 0.6 is 11.6 Å². The van der Waals surface area contributed by atoms with E-state index in [0.29, 0.717) is 5.82 Å². The molecule has 0 aliphatic rings. The Balaban J connectivity index is 2.58.